The van der Waals surface area contributed by atoms with E-state index in [9.17, 15) is 34.8 Å². The summed E-state index contributed by atoms with van der Waals surface area (Å²) in [6.07, 6.45) is -5.17. The lowest BCUT2D eigenvalue weighted by Gasteiger charge is -2.14. The molecule has 1 aromatic rings. The van der Waals surface area contributed by atoms with Crippen LogP contribution in [0.3, 0.4) is 0 Å². The summed E-state index contributed by atoms with van der Waals surface area (Å²) in [5.41, 5.74) is -7.61. The first-order valence-corrected chi connectivity index (χ1v) is 5.44. The summed E-state index contributed by atoms with van der Waals surface area (Å²) in [6, 6.07) is 2.14. The highest BCUT2D eigenvalue weighted by Crippen LogP contribution is 2.38. The van der Waals surface area contributed by atoms with E-state index < -0.39 is 32.0 Å². The quantitative estimate of drug-likeness (QED) is 0.740. The molecule has 9 heteroatoms. The molecule has 0 N–H and O–H groups in total. The third kappa shape index (κ3) is 2.54. The lowest BCUT2D eigenvalue weighted by atomic mass is 10.2. The monoisotopic (exact) mass is 278 g/mol. The number of sulfone groups is 1. The number of hydrogen-bond acceptors (Lipinski definition) is 2. The summed E-state index contributed by atoms with van der Waals surface area (Å²) >= 11 is 0. The Morgan fingerprint density at radius 3 is 1.76 bits per heavy atom. The highest BCUT2D eigenvalue weighted by molar-refractivity contribution is 7.92. The first-order valence-electron chi connectivity index (χ1n) is 3.95. The summed E-state index contributed by atoms with van der Waals surface area (Å²) in [4.78, 5) is -1.79. The number of benzene rings is 1. The van der Waals surface area contributed by atoms with Crippen molar-refractivity contribution in [3.8, 4) is 0 Å². The van der Waals surface area contributed by atoms with Gasteiger partial charge >= 0.3 is 11.7 Å². The van der Waals surface area contributed by atoms with Crippen LogP contribution in [-0.2, 0) is 16.0 Å². The second kappa shape index (κ2) is 3.90. The first kappa shape index (κ1) is 13.8. The molecule has 0 amide bonds. The van der Waals surface area contributed by atoms with Gasteiger partial charge in [0.1, 0.15) is 0 Å². The van der Waals surface area contributed by atoms with Gasteiger partial charge in [-0.05, 0) is 12.1 Å². The van der Waals surface area contributed by atoms with E-state index in [1.165, 1.54) is 0 Å². The van der Waals surface area contributed by atoms with Crippen molar-refractivity contribution in [2.75, 3.05) is 0 Å². The number of hydrogen-bond donors (Lipinski definition) is 0. The molecular weight excluding hydrogens is 274 g/mol. The minimum absolute atomic E-state index is 0.269. The standard InChI is InChI=1S/C8H4F6O2S/c9-7(10,11)5-3-1-2-4-6(5)17(15,16)8(12,13)14/h1-4H. The molecule has 0 aromatic heterocycles. The fourth-order valence-corrected chi connectivity index (χ4v) is 2.04. The van der Waals surface area contributed by atoms with Crippen molar-refractivity contribution in [2.45, 2.75) is 16.6 Å². The minimum Gasteiger partial charge on any atom is -0.214 e. The van der Waals surface area contributed by atoms with E-state index in [1.54, 1.807) is 0 Å². The van der Waals surface area contributed by atoms with E-state index in [0.29, 0.717) is 0 Å². The largest absolute Gasteiger partial charge is 0.501 e. The van der Waals surface area contributed by atoms with E-state index in [2.05, 4.69) is 0 Å². The molecule has 0 aliphatic rings. The van der Waals surface area contributed by atoms with Gasteiger partial charge < -0.3 is 0 Å². The molecule has 1 aromatic carbocycles. The number of rotatable bonds is 1. The molecule has 0 saturated heterocycles. The lowest BCUT2D eigenvalue weighted by Crippen LogP contribution is -2.26. The van der Waals surface area contributed by atoms with E-state index in [-0.39, 0.29) is 12.1 Å². The van der Waals surface area contributed by atoms with Crippen LogP contribution in [-0.4, -0.2) is 13.9 Å². The Balaban J connectivity index is 3.55. The molecule has 0 saturated carbocycles. The Kier molecular flexibility index (Phi) is 3.17. The topological polar surface area (TPSA) is 34.1 Å². The van der Waals surface area contributed by atoms with Crippen molar-refractivity contribution in [1.29, 1.82) is 0 Å². The maximum atomic E-state index is 12.3. The van der Waals surface area contributed by atoms with Crippen molar-refractivity contribution >= 4 is 9.84 Å². The summed E-state index contributed by atoms with van der Waals surface area (Å²) in [6.45, 7) is 0. The van der Waals surface area contributed by atoms with Crippen LogP contribution in [0, 0.1) is 0 Å². The van der Waals surface area contributed by atoms with Crippen LogP contribution in [0.5, 0.6) is 0 Å². The summed E-state index contributed by atoms with van der Waals surface area (Å²) in [5.74, 6) is 0. The van der Waals surface area contributed by atoms with Crippen LogP contribution in [0.2, 0.25) is 0 Å². The Morgan fingerprint density at radius 1 is 0.882 bits per heavy atom. The van der Waals surface area contributed by atoms with Gasteiger partial charge in [0.25, 0.3) is 9.84 Å². The summed E-state index contributed by atoms with van der Waals surface area (Å²) in [5, 5.41) is 0. The van der Waals surface area contributed by atoms with Gasteiger partial charge in [-0.25, -0.2) is 8.42 Å². The highest BCUT2D eigenvalue weighted by Gasteiger charge is 2.50. The number of halogens is 6. The average molecular weight is 278 g/mol. The third-order valence-electron chi connectivity index (χ3n) is 1.79. The van der Waals surface area contributed by atoms with Crippen molar-refractivity contribution in [1.82, 2.24) is 0 Å². The Labute approximate surface area is 91.8 Å². The van der Waals surface area contributed by atoms with Crippen LogP contribution in [0.4, 0.5) is 26.3 Å². The molecule has 0 spiro atoms. The van der Waals surface area contributed by atoms with Crippen molar-refractivity contribution in [3.63, 3.8) is 0 Å². The maximum Gasteiger partial charge on any atom is 0.501 e. The zero-order valence-corrected chi connectivity index (χ0v) is 8.62. The molecule has 0 aliphatic carbocycles. The molecule has 0 bridgehead atoms. The summed E-state index contributed by atoms with van der Waals surface area (Å²) in [7, 11) is -6.01. The third-order valence-corrected chi connectivity index (χ3v) is 3.33. The molecule has 2 nitrogen and oxygen atoms in total. The Morgan fingerprint density at radius 2 is 1.35 bits per heavy atom. The van der Waals surface area contributed by atoms with Gasteiger partial charge in [-0.15, -0.1) is 0 Å². The first-order chi connectivity index (χ1) is 7.48. The van der Waals surface area contributed by atoms with Gasteiger partial charge in [-0.2, -0.15) is 26.3 Å². The van der Waals surface area contributed by atoms with E-state index in [0.717, 1.165) is 12.1 Å². The molecule has 17 heavy (non-hydrogen) atoms. The maximum absolute atomic E-state index is 12.3. The van der Waals surface area contributed by atoms with E-state index in [1.807, 2.05) is 0 Å². The normalized spacial score (nSPS) is 13.8. The molecule has 0 radical (unpaired) electrons. The molecule has 1 rings (SSSR count). The van der Waals surface area contributed by atoms with Crippen LogP contribution in [0.25, 0.3) is 0 Å². The van der Waals surface area contributed by atoms with E-state index in [4.69, 9.17) is 0 Å². The summed E-state index contributed by atoms with van der Waals surface area (Å²) < 4.78 is 95.2. The molecule has 0 aliphatic heterocycles. The predicted molar refractivity (Wildman–Crippen MR) is 44.7 cm³/mol. The minimum atomic E-state index is -6.01. The van der Waals surface area contributed by atoms with Gasteiger partial charge in [0.2, 0.25) is 0 Å². The number of alkyl halides is 6. The van der Waals surface area contributed by atoms with E-state index >= 15 is 0 Å². The molecule has 96 valence electrons. The fourth-order valence-electron chi connectivity index (χ4n) is 1.06. The van der Waals surface area contributed by atoms with Crippen LogP contribution >= 0.6 is 0 Å². The average Bonchev–Trinajstić information content (AvgIpc) is 2.14. The molecule has 0 heterocycles. The van der Waals surface area contributed by atoms with Crippen molar-refractivity contribution in [3.05, 3.63) is 29.8 Å². The molecule has 0 atom stereocenters. The molecular formula is C8H4F6O2S. The van der Waals surface area contributed by atoms with Crippen LogP contribution in [0.1, 0.15) is 5.56 Å². The van der Waals surface area contributed by atoms with Gasteiger partial charge in [0.15, 0.2) is 0 Å². The van der Waals surface area contributed by atoms with Crippen molar-refractivity contribution in [2.24, 2.45) is 0 Å². The van der Waals surface area contributed by atoms with Crippen molar-refractivity contribution < 1.29 is 34.8 Å². The zero-order chi connectivity index (χ0) is 13.5. The smallest absolute Gasteiger partial charge is 0.214 e. The van der Waals surface area contributed by atoms with Gasteiger partial charge in [-0.3, -0.25) is 0 Å². The lowest BCUT2D eigenvalue weighted by molar-refractivity contribution is -0.140. The SMILES string of the molecule is O=S(=O)(c1ccccc1C(F)(F)F)C(F)(F)F. The van der Waals surface area contributed by atoms with Gasteiger partial charge in [0, 0.05) is 0 Å². The van der Waals surface area contributed by atoms with Crippen LogP contribution in [0.15, 0.2) is 29.2 Å². The predicted octanol–water partition coefficient (Wildman–Crippen LogP) is 3.00. The Bertz CT molecular complexity index is 514. The molecule has 0 fully saturated rings. The Hall–Kier alpha value is -1.25. The van der Waals surface area contributed by atoms with Gasteiger partial charge in [-0.1, -0.05) is 12.1 Å². The van der Waals surface area contributed by atoms with Crippen LogP contribution < -0.4 is 0 Å². The zero-order valence-electron chi connectivity index (χ0n) is 7.80. The fraction of sp³-hybridized carbons (Fsp3) is 0.250. The highest BCUT2D eigenvalue weighted by atomic mass is 32.2. The second-order valence-corrected chi connectivity index (χ2v) is 4.85. The van der Waals surface area contributed by atoms with Gasteiger partial charge in [0.05, 0.1) is 10.5 Å². The second-order valence-electron chi connectivity index (χ2n) is 2.94. The molecule has 0 unspecified atom stereocenters.